The Hall–Kier alpha value is -2.63. The molecule has 2 aromatic carbocycles. The standard InChI is InChI=1S/C21H22N.BF4/c1-21(2,3)20-16-18(17-10-6-4-7-11-17)14-15-22(20)19-12-8-5-9-13-19;2-1(3,4)5/h4-16H,1-3H3;/q+1;-1. The number of rotatable bonds is 2. The van der Waals surface area contributed by atoms with Gasteiger partial charge in [-0.05, 0) is 11.1 Å². The van der Waals surface area contributed by atoms with Gasteiger partial charge in [-0.2, -0.15) is 4.57 Å². The maximum atomic E-state index is 9.75. The molecule has 1 nitrogen and oxygen atoms in total. The van der Waals surface area contributed by atoms with Gasteiger partial charge < -0.3 is 17.3 Å². The van der Waals surface area contributed by atoms with Gasteiger partial charge in [-0.3, -0.25) is 0 Å². The summed E-state index contributed by atoms with van der Waals surface area (Å²) in [6.07, 6.45) is 2.18. The van der Waals surface area contributed by atoms with Crippen LogP contribution in [-0.4, -0.2) is 7.25 Å². The van der Waals surface area contributed by atoms with Gasteiger partial charge in [0.2, 0.25) is 5.69 Å². The molecular formula is C21H22BF4N. The van der Waals surface area contributed by atoms with E-state index in [0.717, 1.165) is 0 Å². The van der Waals surface area contributed by atoms with Gasteiger partial charge in [-0.1, -0.05) is 69.3 Å². The number of benzene rings is 2. The van der Waals surface area contributed by atoms with E-state index in [0.29, 0.717) is 0 Å². The fourth-order valence-corrected chi connectivity index (χ4v) is 2.70. The van der Waals surface area contributed by atoms with Crippen molar-refractivity contribution in [2.45, 2.75) is 26.2 Å². The molecule has 142 valence electrons. The first-order valence-corrected chi connectivity index (χ1v) is 8.60. The van der Waals surface area contributed by atoms with Crippen molar-refractivity contribution >= 4 is 7.25 Å². The number of hydrogen-bond donors (Lipinski definition) is 0. The van der Waals surface area contributed by atoms with E-state index >= 15 is 0 Å². The quantitative estimate of drug-likeness (QED) is 0.284. The smallest absolute Gasteiger partial charge is 0.418 e. The van der Waals surface area contributed by atoms with E-state index in [-0.39, 0.29) is 5.41 Å². The minimum Gasteiger partial charge on any atom is -0.418 e. The maximum Gasteiger partial charge on any atom is 0.673 e. The average Bonchev–Trinajstić information content (AvgIpc) is 2.61. The van der Waals surface area contributed by atoms with Gasteiger partial charge in [0.15, 0.2) is 11.9 Å². The van der Waals surface area contributed by atoms with Gasteiger partial charge >= 0.3 is 7.25 Å². The van der Waals surface area contributed by atoms with Crippen LogP contribution in [-0.2, 0) is 5.41 Å². The number of aromatic nitrogens is 1. The van der Waals surface area contributed by atoms with E-state index in [4.69, 9.17) is 0 Å². The molecule has 0 saturated carbocycles. The first-order chi connectivity index (χ1) is 12.6. The van der Waals surface area contributed by atoms with Crippen molar-refractivity contribution in [3.63, 3.8) is 0 Å². The molecule has 0 fully saturated rings. The lowest BCUT2D eigenvalue weighted by Crippen LogP contribution is -2.40. The fourth-order valence-electron chi connectivity index (χ4n) is 2.70. The zero-order valence-electron chi connectivity index (χ0n) is 15.5. The SMILES string of the molecule is CC(C)(C)c1cc(-c2ccccc2)cc[n+]1-c1ccccc1.F[B-](F)(F)F. The van der Waals surface area contributed by atoms with Gasteiger partial charge in [0.05, 0.1) is 0 Å². The van der Waals surface area contributed by atoms with Crippen molar-refractivity contribution in [2.24, 2.45) is 0 Å². The molecule has 1 heterocycles. The molecule has 3 aromatic rings. The van der Waals surface area contributed by atoms with Gasteiger partial charge in [0.1, 0.15) is 0 Å². The van der Waals surface area contributed by atoms with Crippen molar-refractivity contribution in [1.29, 1.82) is 0 Å². The molecule has 3 rings (SSSR count). The second-order valence-corrected chi connectivity index (χ2v) is 7.12. The van der Waals surface area contributed by atoms with Crippen LogP contribution in [0.15, 0.2) is 79.0 Å². The van der Waals surface area contributed by atoms with Crippen LogP contribution in [0.4, 0.5) is 17.3 Å². The second kappa shape index (κ2) is 8.38. The lowest BCUT2D eigenvalue weighted by atomic mass is 9.89. The molecule has 0 atom stereocenters. The summed E-state index contributed by atoms with van der Waals surface area (Å²) in [7, 11) is -6.00. The topological polar surface area (TPSA) is 3.88 Å². The molecule has 0 aliphatic rings. The summed E-state index contributed by atoms with van der Waals surface area (Å²) in [5.74, 6) is 0. The highest BCUT2D eigenvalue weighted by atomic mass is 19.5. The maximum absolute atomic E-state index is 9.75. The summed E-state index contributed by atoms with van der Waals surface area (Å²) < 4.78 is 41.3. The van der Waals surface area contributed by atoms with Crippen LogP contribution in [0.3, 0.4) is 0 Å². The highest BCUT2D eigenvalue weighted by molar-refractivity contribution is 6.50. The van der Waals surface area contributed by atoms with Crippen LogP contribution >= 0.6 is 0 Å². The molecule has 1 aromatic heterocycles. The summed E-state index contributed by atoms with van der Waals surface area (Å²) in [4.78, 5) is 0. The van der Waals surface area contributed by atoms with Crippen LogP contribution in [0.2, 0.25) is 0 Å². The molecule has 0 aliphatic carbocycles. The van der Waals surface area contributed by atoms with Crippen molar-refractivity contribution in [3.05, 3.63) is 84.7 Å². The van der Waals surface area contributed by atoms with Crippen molar-refractivity contribution in [2.75, 3.05) is 0 Å². The average molecular weight is 375 g/mol. The monoisotopic (exact) mass is 375 g/mol. The van der Waals surface area contributed by atoms with Gasteiger partial charge in [0.25, 0.3) is 0 Å². The number of nitrogens with zero attached hydrogens (tertiary/aromatic N) is 1. The highest BCUT2D eigenvalue weighted by Gasteiger charge is 2.27. The third-order valence-electron chi connectivity index (χ3n) is 3.86. The van der Waals surface area contributed by atoms with Crippen LogP contribution in [0, 0.1) is 0 Å². The van der Waals surface area contributed by atoms with Crippen LogP contribution in [0.5, 0.6) is 0 Å². The van der Waals surface area contributed by atoms with E-state index < -0.39 is 7.25 Å². The zero-order valence-corrected chi connectivity index (χ0v) is 15.5. The Kier molecular flexibility index (Phi) is 6.42. The summed E-state index contributed by atoms with van der Waals surface area (Å²) in [6, 6.07) is 25.6. The molecule has 0 spiro atoms. The summed E-state index contributed by atoms with van der Waals surface area (Å²) in [6.45, 7) is 6.78. The first kappa shape index (κ1) is 20.7. The van der Waals surface area contributed by atoms with Crippen LogP contribution in [0.1, 0.15) is 26.5 Å². The molecule has 0 bridgehead atoms. The molecule has 0 amide bonds. The van der Waals surface area contributed by atoms with Crippen molar-refractivity contribution in [1.82, 2.24) is 0 Å². The normalized spacial score (nSPS) is 11.5. The molecule has 0 aliphatic heterocycles. The Morgan fingerprint density at radius 3 is 1.67 bits per heavy atom. The summed E-state index contributed by atoms with van der Waals surface area (Å²) in [5, 5.41) is 0. The minimum atomic E-state index is -6.00. The summed E-state index contributed by atoms with van der Waals surface area (Å²) >= 11 is 0. The summed E-state index contributed by atoms with van der Waals surface area (Å²) in [5.41, 5.74) is 5.10. The van der Waals surface area contributed by atoms with Crippen molar-refractivity contribution in [3.8, 4) is 16.8 Å². The van der Waals surface area contributed by atoms with E-state index in [1.165, 1.54) is 22.5 Å². The number of hydrogen-bond acceptors (Lipinski definition) is 0. The van der Waals surface area contributed by atoms with Gasteiger partial charge in [0, 0.05) is 29.7 Å². The third-order valence-corrected chi connectivity index (χ3v) is 3.86. The van der Waals surface area contributed by atoms with Crippen LogP contribution < -0.4 is 4.57 Å². The Balaban J connectivity index is 0.000000465. The van der Waals surface area contributed by atoms with E-state index in [2.05, 4.69) is 104 Å². The zero-order chi connectivity index (χ0) is 20.1. The molecule has 0 radical (unpaired) electrons. The van der Waals surface area contributed by atoms with E-state index in [1.54, 1.807) is 0 Å². The Morgan fingerprint density at radius 1 is 0.704 bits per heavy atom. The molecule has 0 N–H and O–H groups in total. The lowest BCUT2D eigenvalue weighted by molar-refractivity contribution is -0.608. The predicted octanol–water partition coefficient (Wildman–Crippen LogP) is 6.23. The molecule has 0 saturated heterocycles. The van der Waals surface area contributed by atoms with E-state index in [9.17, 15) is 17.3 Å². The Bertz CT molecular complexity index is 851. The second-order valence-electron chi connectivity index (χ2n) is 7.12. The minimum absolute atomic E-state index is 0.0701. The Morgan fingerprint density at radius 2 is 1.19 bits per heavy atom. The number of para-hydroxylation sites is 1. The fraction of sp³-hybridized carbons (Fsp3) is 0.190. The van der Waals surface area contributed by atoms with Gasteiger partial charge in [-0.15, -0.1) is 0 Å². The molecule has 27 heavy (non-hydrogen) atoms. The molecule has 0 unspecified atom stereocenters. The molecule has 6 heteroatoms. The molecular weight excluding hydrogens is 353 g/mol. The predicted molar refractivity (Wildman–Crippen MR) is 102 cm³/mol. The largest absolute Gasteiger partial charge is 0.673 e. The number of pyridine rings is 1. The first-order valence-electron chi connectivity index (χ1n) is 8.60. The van der Waals surface area contributed by atoms with Crippen molar-refractivity contribution < 1.29 is 21.8 Å². The third kappa shape index (κ3) is 6.55. The Labute approximate surface area is 157 Å². The highest BCUT2D eigenvalue weighted by Crippen LogP contribution is 2.25. The number of halogens is 4. The van der Waals surface area contributed by atoms with E-state index in [1.807, 2.05) is 0 Å². The lowest BCUT2D eigenvalue weighted by Gasteiger charge is -2.17. The van der Waals surface area contributed by atoms with Gasteiger partial charge in [-0.25, -0.2) is 0 Å². The van der Waals surface area contributed by atoms with Crippen LogP contribution in [0.25, 0.3) is 16.8 Å².